The molecule has 134 valence electrons. The van der Waals surface area contributed by atoms with Gasteiger partial charge in [-0.1, -0.05) is 41.5 Å². The molecule has 0 aliphatic rings. The van der Waals surface area contributed by atoms with Crippen molar-refractivity contribution in [2.45, 2.75) is 54.6 Å². The Kier molecular flexibility index (Phi) is 15.6. The van der Waals surface area contributed by atoms with Gasteiger partial charge < -0.3 is 9.47 Å². The van der Waals surface area contributed by atoms with E-state index in [1.54, 1.807) is 20.8 Å². The molecule has 0 N–H and O–H groups in total. The highest BCUT2D eigenvalue weighted by Crippen LogP contribution is 2.24. The third-order valence-corrected chi connectivity index (χ3v) is 2.09. The van der Waals surface area contributed by atoms with E-state index in [0.29, 0.717) is 6.61 Å². The SMILES string of the molecule is CC(C)C(F)(F)F.CCOC(=O)C(C)C.COC(=O)C(C)C. The summed E-state index contributed by atoms with van der Waals surface area (Å²) < 4.78 is 42.6. The van der Waals surface area contributed by atoms with E-state index in [9.17, 15) is 22.8 Å². The highest BCUT2D eigenvalue weighted by atomic mass is 19.4. The maximum absolute atomic E-state index is 11.2. The fraction of sp³-hybridized carbons (Fsp3) is 0.867. The van der Waals surface area contributed by atoms with E-state index in [2.05, 4.69) is 9.47 Å². The lowest BCUT2D eigenvalue weighted by Gasteiger charge is -2.07. The van der Waals surface area contributed by atoms with Gasteiger partial charge in [0.2, 0.25) is 0 Å². The lowest BCUT2D eigenvalue weighted by molar-refractivity contribution is -0.164. The standard InChI is InChI=1S/C6H12O2.C5H10O2.C4H7F3/c1-4-8-6(7)5(2)3;1-4(2)5(6)7-3;1-3(2)4(5,6)7/h5H,4H2,1-3H3;4H,1-3H3;3H,1-2H3. The average molecular weight is 330 g/mol. The summed E-state index contributed by atoms with van der Waals surface area (Å²) in [6, 6.07) is 0. The summed E-state index contributed by atoms with van der Waals surface area (Å²) in [5.41, 5.74) is 0. The second kappa shape index (κ2) is 13.4. The van der Waals surface area contributed by atoms with Crippen LogP contribution in [-0.2, 0) is 19.1 Å². The lowest BCUT2D eigenvalue weighted by Crippen LogP contribution is -2.15. The van der Waals surface area contributed by atoms with Crippen molar-refractivity contribution in [3.05, 3.63) is 0 Å². The minimum atomic E-state index is -4.00. The fourth-order valence-electron chi connectivity index (χ4n) is 0.545. The van der Waals surface area contributed by atoms with E-state index in [4.69, 9.17) is 0 Å². The van der Waals surface area contributed by atoms with Crippen LogP contribution in [0.25, 0.3) is 0 Å². The molecule has 0 aliphatic heterocycles. The molecule has 0 heterocycles. The van der Waals surface area contributed by atoms with Gasteiger partial charge in [-0.15, -0.1) is 0 Å². The average Bonchev–Trinajstić information content (AvgIpc) is 2.38. The summed E-state index contributed by atoms with van der Waals surface area (Å²) in [4.78, 5) is 20.8. The number of carbonyl (C=O) groups is 2. The molecule has 0 unspecified atom stereocenters. The summed E-state index contributed by atoms with van der Waals surface area (Å²) in [6.07, 6.45) is -4.00. The van der Waals surface area contributed by atoms with Crippen LogP contribution >= 0.6 is 0 Å². The smallest absolute Gasteiger partial charge is 0.391 e. The number of hydrogen-bond donors (Lipinski definition) is 0. The van der Waals surface area contributed by atoms with Crippen LogP contribution in [0.5, 0.6) is 0 Å². The van der Waals surface area contributed by atoms with E-state index in [1.165, 1.54) is 7.11 Å². The molecule has 0 aromatic rings. The number of hydrogen-bond acceptors (Lipinski definition) is 4. The van der Waals surface area contributed by atoms with E-state index >= 15 is 0 Å². The topological polar surface area (TPSA) is 52.6 Å². The Morgan fingerprint density at radius 1 is 0.909 bits per heavy atom. The summed E-state index contributed by atoms with van der Waals surface area (Å²) in [6.45, 7) is 11.8. The van der Waals surface area contributed by atoms with Gasteiger partial charge in [0, 0.05) is 5.92 Å². The van der Waals surface area contributed by atoms with Gasteiger partial charge in [0.1, 0.15) is 0 Å². The van der Waals surface area contributed by atoms with Crippen molar-refractivity contribution in [3.8, 4) is 0 Å². The summed E-state index contributed by atoms with van der Waals surface area (Å²) in [5.74, 6) is -1.46. The van der Waals surface area contributed by atoms with Crippen molar-refractivity contribution in [1.82, 2.24) is 0 Å². The van der Waals surface area contributed by atoms with Gasteiger partial charge in [0.15, 0.2) is 0 Å². The number of ether oxygens (including phenoxy) is 2. The van der Waals surface area contributed by atoms with Gasteiger partial charge in [-0.3, -0.25) is 9.59 Å². The normalized spacial score (nSPS) is 10.5. The predicted molar refractivity (Wildman–Crippen MR) is 79.2 cm³/mol. The van der Waals surface area contributed by atoms with Crippen molar-refractivity contribution < 1.29 is 32.2 Å². The molecule has 0 amide bonds. The van der Waals surface area contributed by atoms with Gasteiger partial charge in [-0.05, 0) is 6.92 Å². The van der Waals surface area contributed by atoms with Crippen molar-refractivity contribution in [3.63, 3.8) is 0 Å². The Balaban J connectivity index is -0.000000247. The molecule has 22 heavy (non-hydrogen) atoms. The lowest BCUT2D eigenvalue weighted by atomic mass is 10.2. The molecule has 0 rings (SSSR count). The fourth-order valence-corrected chi connectivity index (χ4v) is 0.545. The first-order chi connectivity index (χ1) is 9.80. The van der Waals surface area contributed by atoms with Gasteiger partial charge in [-0.25, -0.2) is 0 Å². The Morgan fingerprint density at radius 3 is 1.27 bits per heavy atom. The predicted octanol–water partition coefficient (Wildman–Crippen LogP) is 4.23. The van der Waals surface area contributed by atoms with Crippen molar-refractivity contribution in [2.24, 2.45) is 17.8 Å². The third kappa shape index (κ3) is 18.7. The highest BCUT2D eigenvalue weighted by molar-refractivity contribution is 5.71. The molecule has 0 atom stereocenters. The molecule has 0 spiro atoms. The largest absolute Gasteiger partial charge is 0.469 e. The number of alkyl halides is 3. The maximum atomic E-state index is 11.2. The zero-order valence-corrected chi connectivity index (χ0v) is 14.7. The molecule has 7 heteroatoms. The van der Waals surface area contributed by atoms with E-state index < -0.39 is 12.1 Å². The van der Waals surface area contributed by atoms with Crippen LogP contribution in [0, 0.1) is 17.8 Å². The van der Waals surface area contributed by atoms with Crippen molar-refractivity contribution >= 4 is 11.9 Å². The minimum absolute atomic E-state index is 0.00463. The molecule has 0 saturated carbocycles. The zero-order valence-electron chi connectivity index (χ0n) is 14.7. The van der Waals surface area contributed by atoms with Crippen LogP contribution in [0.15, 0.2) is 0 Å². The van der Waals surface area contributed by atoms with Crippen molar-refractivity contribution in [2.75, 3.05) is 13.7 Å². The maximum Gasteiger partial charge on any atom is 0.391 e. The van der Waals surface area contributed by atoms with Gasteiger partial charge in [-0.2, -0.15) is 13.2 Å². The van der Waals surface area contributed by atoms with Gasteiger partial charge in [0.25, 0.3) is 0 Å². The van der Waals surface area contributed by atoms with E-state index in [1.807, 2.05) is 13.8 Å². The second-order valence-corrected chi connectivity index (χ2v) is 5.28. The molecular weight excluding hydrogens is 301 g/mol. The molecule has 0 aliphatic carbocycles. The quantitative estimate of drug-likeness (QED) is 0.727. The van der Waals surface area contributed by atoms with E-state index in [0.717, 1.165) is 13.8 Å². The number of carbonyl (C=O) groups excluding carboxylic acids is 2. The molecule has 0 aromatic heterocycles. The molecule has 0 saturated heterocycles. The van der Waals surface area contributed by atoms with Gasteiger partial charge in [0.05, 0.1) is 25.6 Å². The molecule has 0 fully saturated rings. The number of methoxy groups -OCH3 is 1. The molecule has 0 bridgehead atoms. The first-order valence-corrected chi connectivity index (χ1v) is 7.12. The highest BCUT2D eigenvalue weighted by Gasteiger charge is 2.31. The monoisotopic (exact) mass is 330 g/mol. The zero-order chi connectivity index (χ0) is 18.5. The van der Waals surface area contributed by atoms with E-state index in [-0.39, 0.29) is 23.8 Å². The Morgan fingerprint density at radius 2 is 1.23 bits per heavy atom. The minimum Gasteiger partial charge on any atom is -0.469 e. The van der Waals surface area contributed by atoms with Crippen LogP contribution < -0.4 is 0 Å². The second-order valence-electron chi connectivity index (χ2n) is 5.28. The third-order valence-electron chi connectivity index (χ3n) is 2.09. The Hall–Kier alpha value is -1.27. The van der Waals surface area contributed by atoms with Crippen LogP contribution in [0.4, 0.5) is 13.2 Å². The molecule has 4 nitrogen and oxygen atoms in total. The van der Waals surface area contributed by atoms with Crippen LogP contribution in [0.1, 0.15) is 48.5 Å². The summed E-state index contributed by atoms with van der Waals surface area (Å²) in [5, 5.41) is 0. The number of rotatable bonds is 3. The molecular formula is C15H29F3O4. The number of halogens is 3. The van der Waals surface area contributed by atoms with Crippen molar-refractivity contribution in [1.29, 1.82) is 0 Å². The Bertz CT molecular complexity index is 298. The van der Waals surface area contributed by atoms with Crippen LogP contribution in [-0.4, -0.2) is 31.8 Å². The van der Waals surface area contributed by atoms with Gasteiger partial charge >= 0.3 is 18.1 Å². The molecule has 0 radical (unpaired) electrons. The first kappa shape index (κ1) is 25.7. The van der Waals surface area contributed by atoms with Crippen LogP contribution in [0.2, 0.25) is 0 Å². The molecule has 0 aromatic carbocycles. The first-order valence-electron chi connectivity index (χ1n) is 7.12. The summed E-state index contributed by atoms with van der Waals surface area (Å²) in [7, 11) is 1.39. The van der Waals surface area contributed by atoms with Crippen LogP contribution in [0.3, 0.4) is 0 Å². The summed E-state index contributed by atoms with van der Waals surface area (Å²) >= 11 is 0. The number of esters is 2. The Labute approximate surface area is 131 Å².